The maximum atomic E-state index is 11.3. The van der Waals surface area contributed by atoms with Crippen LogP contribution in [0.15, 0.2) is 0 Å². The van der Waals surface area contributed by atoms with Crippen LogP contribution in [0.1, 0.15) is 12.8 Å². The molecule has 0 aromatic rings. The van der Waals surface area contributed by atoms with Crippen molar-refractivity contribution in [3.05, 3.63) is 0 Å². The second-order valence-corrected chi connectivity index (χ2v) is 5.00. The lowest BCUT2D eigenvalue weighted by Crippen LogP contribution is -2.60. The number of rotatable bonds is 1. The molecule has 4 bridgehead atoms. The summed E-state index contributed by atoms with van der Waals surface area (Å²) in [5, 5.41) is 0. The zero-order chi connectivity index (χ0) is 9.00. The van der Waals surface area contributed by atoms with E-state index in [4.69, 9.17) is 5.73 Å². The molecule has 3 heterocycles. The largest absolute Gasteiger partial charge is 0.369 e. The molecule has 3 saturated heterocycles. The molecule has 0 spiro atoms. The quantitative estimate of drug-likeness (QED) is 0.620. The Labute approximate surface area is 78.3 Å². The van der Waals surface area contributed by atoms with Gasteiger partial charge in [0.05, 0.1) is 0 Å². The van der Waals surface area contributed by atoms with Crippen LogP contribution in [0.3, 0.4) is 0 Å². The topological polar surface area (TPSA) is 46.3 Å². The molecular weight excluding hydrogens is 164 g/mol. The Morgan fingerprint density at radius 2 is 1.77 bits per heavy atom. The Hall–Kier alpha value is -0.570. The highest BCUT2D eigenvalue weighted by atomic mass is 16.1. The van der Waals surface area contributed by atoms with E-state index in [1.807, 2.05) is 0 Å². The number of hydrogen-bond acceptors (Lipinski definition) is 2. The number of nitrogens with two attached hydrogens (primary N) is 1. The van der Waals surface area contributed by atoms with E-state index in [-0.39, 0.29) is 11.8 Å². The molecular formula is C10H16N2O. The standard InChI is InChI=1S/C10H16N2O/c11-10(13)9-7-1-6-2-8(9)5-12(3-6)4-7/h6-9H,1-5H2,(H2,11,13). The smallest absolute Gasteiger partial charge is 0.221 e. The van der Waals surface area contributed by atoms with E-state index < -0.39 is 0 Å². The molecule has 4 fully saturated rings. The fourth-order valence-electron chi connectivity index (χ4n) is 3.87. The summed E-state index contributed by atoms with van der Waals surface area (Å²) in [7, 11) is 0. The van der Waals surface area contributed by atoms with E-state index in [9.17, 15) is 4.79 Å². The molecule has 3 aliphatic heterocycles. The average molecular weight is 180 g/mol. The van der Waals surface area contributed by atoms with Gasteiger partial charge in [-0.25, -0.2) is 0 Å². The van der Waals surface area contributed by atoms with Crippen molar-refractivity contribution in [1.29, 1.82) is 0 Å². The molecule has 0 radical (unpaired) electrons. The van der Waals surface area contributed by atoms with E-state index in [0.717, 1.165) is 19.0 Å². The SMILES string of the molecule is NC(=O)C1C2CC3CC1CN(C3)C2. The fourth-order valence-corrected chi connectivity index (χ4v) is 3.87. The zero-order valence-corrected chi connectivity index (χ0v) is 7.78. The van der Waals surface area contributed by atoms with Gasteiger partial charge in [-0.3, -0.25) is 4.79 Å². The van der Waals surface area contributed by atoms with Crippen LogP contribution >= 0.6 is 0 Å². The molecule has 4 aliphatic rings. The van der Waals surface area contributed by atoms with Crippen molar-refractivity contribution in [2.45, 2.75) is 12.8 Å². The van der Waals surface area contributed by atoms with E-state index in [1.54, 1.807) is 0 Å². The van der Waals surface area contributed by atoms with Crippen LogP contribution in [0, 0.1) is 23.7 Å². The monoisotopic (exact) mass is 180 g/mol. The van der Waals surface area contributed by atoms with Gasteiger partial charge in [0, 0.05) is 25.6 Å². The summed E-state index contributed by atoms with van der Waals surface area (Å²) in [6, 6.07) is 0. The Bertz CT molecular complexity index is 223. The Morgan fingerprint density at radius 1 is 1.15 bits per heavy atom. The summed E-state index contributed by atoms with van der Waals surface area (Å²) < 4.78 is 0. The van der Waals surface area contributed by atoms with Gasteiger partial charge in [-0.15, -0.1) is 0 Å². The van der Waals surface area contributed by atoms with Crippen LogP contribution in [0.5, 0.6) is 0 Å². The van der Waals surface area contributed by atoms with Crippen molar-refractivity contribution in [2.24, 2.45) is 29.4 Å². The average Bonchev–Trinajstić information content (AvgIpc) is 2.00. The van der Waals surface area contributed by atoms with Gasteiger partial charge < -0.3 is 10.6 Å². The molecule has 1 aliphatic carbocycles. The van der Waals surface area contributed by atoms with Crippen molar-refractivity contribution >= 4 is 5.91 Å². The van der Waals surface area contributed by atoms with Gasteiger partial charge >= 0.3 is 0 Å². The normalized spacial score (nSPS) is 52.5. The maximum absolute atomic E-state index is 11.3. The first kappa shape index (κ1) is 7.80. The van der Waals surface area contributed by atoms with Gasteiger partial charge in [0.2, 0.25) is 5.91 Å². The first-order chi connectivity index (χ1) is 6.24. The third-order valence-electron chi connectivity index (χ3n) is 4.12. The molecule has 0 aromatic heterocycles. The number of carbonyl (C=O) groups excluding carboxylic acids is 1. The molecule has 2 N–H and O–H groups in total. The number of hydrogen-bond donors (Lipinski definition) is 1. The molecule has 3 heteroatoms. The van der Waals surface area contributed by atoms with Crippen molar-refractivity contribution < 1.29 is 4.79 Å². The third kappa shape index (κ3) is 1.03. The number of nitrogens with zero attached hydrogens (tertiary/aromatic N) is 1. The Morgan fingerprint density at radius 3 is 2.23 bits per heavy atom. The van der Waals surface area contributed by atoms with E-state index in [1.165, 1.54) is 19.4 Å². The highest BCUT2D eigenvalue weighted by molar-refractivity contribution is 5.77. The van der Waals surface area contributed by atoms with E-state index >= 15 is 0 Å². The van der Waals surface area contributed by atoms with Crippen LogP contribution < -0.4 is 5.73 Å². The molecule has 2 unspecified atom stereocenters. The summed E-state index contributed by atoms with van der Waals surface area (Å²) in [5.74, 6) is 2.20. The van der Waals surface area contributed by atoms with Crippen LogP contribution in [-0.2, 0) is 4.79 Å². The van der Waals surface area contributed by atoms with Gasteiger partial charge in [0.25, 0.3) is 0 Å². The van der Waals surface area contributed by atoms with Crippen molar-refractivity contribution in [1.82, 2.24) is 4.90 Å². The molecule has 1 amide bonds. The van der Waals surface area contributed by atoms with Crippen molar-refractivity contribution in [3.8, 4) is 0 Å². The predicted octanol–water partition coefficient (Wildman–Crippen LogP) is 0.0595. The number of primary amides is 1. The summed E-state index contributed by atoms with van der Waals surface area (Å²) in [6.45, 7) is 3.53. The summed E-state index contributed by atoms with van der Waals surface area (Å²) in [6.07, 6.45) is 2.50. The lowest BCUT2D eigenvalue weighted by atomic mass is 9.62. The van der Waals surface area contributed by atoms with Crippen LogP contribution in [0.2, 0.25) is 0 Å². The molecule has 1 saturated carbocycles. The second-order valence-electron chi connectivity index (χ2n) is 5.00. The van der Waals surface area contributed by atoms with Gasteiger partial charge in [-0.05, 0) is 30.6 Å². The summed E-state index contributed by atoms with van der Waals surface area (Å²) in [4.78, 5) is 13.8. The van der Waals surface area contributed by atoms with Crippen molar-refractivity contribution in [3.63, 3.8) is 0 Å². The van der Waals surface area contributed by atoms with Crippen LogP contribution in [0.25, 0.3) is 0 Å². The summed E-state index contributed by atoms with van der Waals surface area (Å²) >= 11 is 0. The lowest BCUT2D eigenvalue weighted by Gasteiger charge is -2.54. The Kier molecular flexibility index (Phi) is 1.48. The minimum Gasteiger partial charge on any atom is -0.369 e. The first-order valence-corrected chi connectivity index (χ1v) is 5.25. The van der Waals surface area contributed by atoms with E-state index in [0.29, 0.717) is 11.8 Å². The lowest BCUT2D eigenvalue weighted by molar-refractivity contribution is -0.137. The molecule has 0 aromatic carbocycles. The second kappa shape index (κ2) is 2.47. The van der Waals surface area contributed by atoms with Gasteiger partial charge in [-0.2, -0.15) is 0 Å². The Balaban J connectivity index is 1.89. The van der Waals surface area contributed by atoms with Crippen molar-refractivity contribution in [2.75, 3.05) is 19.6 Å². The number of piperidine rings is 3. The number of carbonyl (C=O) groups is 1. The third-order valence-corrected chi connectivity index (χ3v) is 4.12. The summed E-state index contributed by atoms with van der Waals surface area (Å²) in [5.41, 5.74) is 5.46. The molecule has 2 atom stereocenters. The van der Waals surface area contributed by atoms with E-state index in [2.05, 4.69) is 4.90 Å². The molecule has 13 heavy (non-hydrogen) atoms. The molecule has 4 rings (SSSR count). The highest BCUT2D eigenvalue weighted by Crippen LogP contribution is 2.46. The molecule has 72 valence electrons. The maximum Gasteiger partial charge on any atom is 0.221 e. The van der Waals surface area contributed by atoms with Crippen LogP contribution in [0.4, 0.5) is 0 Å². The molecule has 3 nitrogen and oxygen atoms in total. The van der Waals surface area contributed by atoms with Gasteiger partial charge in [0.1, 0.15) is 0 Å². The first-order valence-electron chi connectivity index (χ1n) is 5.25. The zero-order valence-electron chi connectivity index (χ0n) is 7.78. The van der Waals surface area contributed by atoms with Crippen LogP contribution in [-0.4, -0.2) is 30.4 Å². The minimum absolute atomic E-state index is 0.0463. The predicted molar refractivity (Wildman–Crippen MR) is 48.8 cm³/mol. The fraction of sp³-hybridized carbons (Fsp3) is 0.900. The minimum atomic E-state index is -0.0463. The van der Waals surface area contributed by atoms with Gasteiger partial charge in [-0.1, -0.05) is 0 Å². The highest BCUT2D eigenvalue weighted by Gasteiger charge is 2.49. The van der Waals surface area contributed by atoms with Gasteiger partial charge in [0.15, 0.2) is 0 Å². The number of amides is 1.